The molecule has 1 rings (SSSR count). The Labute approximate surface area is 92.8 Å². The molecule has 0 N–H and O–H groups in total. The molecule has 1 heteroatoms. The SMILES string of the molecule is C=Cc1cc(C(C)C)c(OCC)cc1C. The highest BCUT2D eigenvalue weighted by Gasteiger charge is 2.09. The van der Waals surface area contributed by atoms with Crippen LogP contribution >= 0.6 is 0 Å². The molecule has 0 saturated carbocycles. The summed E-state index contributed by atoms with van der Waals surface area (Å²) in [7, 11) is 0. The van der Waals surface area contributed by atoms with Gasteiger partial charge in [-0.15, -0.1) is 0 Å². The van der Waals surface area contributed by atoms with E-state index in [0.29, 0.717) is 12.5 Å². The standard InChI is InChI=1S/C14H20O/c1-6-12-9-13(10(3)4)14(15-7-2)8-11(12)5/h6,8-10H,1,7H2,2-5H3. The Morgan fingerprint density at radius 3 is 2.53 bits per heavy atom. The van der Waals surface area contributed by atoms with Crippen LogP contribution in [0.25, 0.3) is 6.08 Å². The van der Waals surface area contributed by atoms with Crippen molar-refractivity contribution in [2.24, 2.45) is 0 Å². The molecule has 0 unspecified atom stereocenters. The largest absolute Gasteiger partial charge is 0.494 e. The van der Waals surface area contributed by atoms with Crippen molar-refractivity contribution in [3.8, 4) is 5.75 Å². The summed E-state index contributed by atoms with van der Waals surface area (Å²) in [4.78, 5) is 0. The molecule has 0 spiro atoms. The molecule has 0 amide bonds. The first kappa shape index (κ1) is 11.8. The van der Waals surface area contributed by atoms with Crippen LogP contribution in [0.5, 0.6) is 5.75 Å². The molecule has 15 heavy (non-hydrogen) atoms. The van der Waals surface area contributed by atoms with Crippen molar-refractivity contribution < 1.29 is 4.74 Å². The molecule has 0 fully saturated rings. The Kier molecular flexibility index (Phi) is 3.96. The summed E-state index contributed by atoms with van der Waals surface area (Å²) in [6, 6.07) is 4.29. The van der Waals surface area contributed by atoms with E-state index in [1.165, 1.54) is 16.7 Å². The van der Waals surface area contributed by atoms with Crippen molar-refractivity contribution in [1.29, 1.82) is 0 Å². The highest BCUT2D eigenvalue weighted by Crippen LogP contribution is 2.30. The lowest BCUT2D eigenvalue weighted by Gasteiger charge is -2.15. The molecule has 0 aliphatic heterocycles. The van der Waals surface area contributed by atoms with Crippen LogP contribution < -0.4 is 4.74 Å². The Bertz CT molecular complexity index is 351. The number of aryl methyl sites for hydroxylation is 1. The van der Waals surface area contributed by atoms with Crippen molar-refractivity contribution in [2.75, 3.05) is 6.61 Å². The monoisotopic (exact) mass is 204 g/mol. The number of hydrogen-bond donors (Lipinski definition) is 0. The second kappa shape index (κ2) is 5.01. The van der Waals surface area contributed by atoms with Gasteiger partial charge in [-0.2, -0.15) is 0 Å². The first-order valence-corrected chi connectivity index (χ1v) is 5.49. The van der Waals surface area contributed by atoms with Crippen molar-refractivity contribution in [2.45, 2.75) is 33.6 Å². The van der Waals surface area contributed by atoms with Gasteiger partial charge < -0.3 is 4.74 Å². The molecule has 0 aliphatic carbocycles. The van der Waals surface area contributed by atoms with Crippen LogP contribution in [0.4, 0.5) is 0 Å². The van der Waals surface area contributed by atoms with Gasteiger partial charge in [0.1, 0.15) is 5.75 Å². The molecular weight excluding hydrogens is 184 g/mol. The van der Waals surface area contributed by atoms with E-state index in [0.717, 1.165) is 5.75 Å². The highest BCUT2D eigenvalue weighted by molar-refractivity contribution is 5.57. The van der Waals surface area contributed by atoms with Crippen LogP contribution in [0.1, 0.15) is 43.4 Å². The first-order valence-electron chi connectivity index (χ1n) is 5.49. The molecular formula is C14H20O. The van der Waals surface area contributed by atoms with Crippen LogP contribution in [-0.2, 0) is 0 Å². The predicted octanol–water partition coefficient (Wildman–Crippen LogP) is 4.16. The normalized spacial score (nSPS) is 10.5. The summed E-state index contributed by atoms with van der Waals surface area (Å²) in [5.41, 5.74) is 3.68. The topological polar surface area (TPSA) is 9.23 Å². The maximum atomic E-state index is 5.64. The average Bonchev–Trinajstić information content (AvgIpc) is 2.18. The lowest BCUT2D eigenvalue weighted by molar-refractivity contribution is 0.335. The molecule has 1 aromatic rings. The van der Waals surface area contributed by atoms with Crippen LogP contribution in [0.3, 0.4) is 0 Å². The van der Waals surface area contributed by atoms with E-state index < -0.39 is 0 Å². The van der Waals surface area contributed by atoms with Gasteiger partial charge in [0.05, 0.1) is 6.61 Å². The van der Waals surface area contributed by atoms with E-state index in [1.807, 2.05) is 13.0 Å². The zero-order valence-corrected chi connectivity index (χ0v) is 10.1. The lowest BCUT2D eigenvalue weighted by Crippen LogP contribution is -2.00. The van der Waals surface area contributed by atoms with Gasteiger partial charge in [0, 0.05) is 0 Å². The highest BCUT2D eigenvalue weighted by atomic mass is 16.5. The smallest absolute Gasteiger partial charge is 0.123 e. The quantitative estimate of drug-likeness (QED) is 0.715. The van der Waals surface area contributed by atoms with E-state index in [9.17, 15) is 0 Å². The fraction of sp³-hybridized carbons (Fsp3) is 0.429. The second-order valence-electron chi connectivity index (χ2n) is 4.04. The van der Waals surface area contributed by atoms with Gasteiger partial charge in [-0.25, -0.2) is 0 Å². The summed E-state index contributed by atoms with van der Waals surface area (Å²) in [6.45, 7) is 13.0. The zero-order valence-electron chi connectivity index (χ0n) is 10.1. The van der Waals surface area contributed by atoms with Gasteiger partial charge in [0.15, 0.2) is 0 Å². The van der Waals surface area contributed by atoms with Crippen LogP contribution in [0, 0.1) is 6.92 Å². The fourth-order valence-corrected chi connectivity index (χ4v) is 1.67. The summed E-state index contributed by atoms with van der Waals surface area (Å²) in [5, 5.41) is 0. The van der Waals surface area contributed by atoms with Crippen molar-refractivity contribution >= 4 is 6.08 Å². The number of ether oxygens (including phenoxy) is 1. The number of hydrogen-bond acceptors (Lipinski definition) is 1. The Morgan fingerprint density at radius 2 is 2.07 bits per heavy atom. The van der Waals surface area contributed by atoms with E-state index in [1.54, 1.807) is 0 Å². The zero-order chi connectivity index (χ0) is 11.4. The van der Waals surface area contributed by atoms with Crippen LogP contribution in [0.15, 0.2) is 18.7 Å². The van der Waals surface area contributed by atoms with Gasteiger partial charge in [-0.1, -0.05) is 26.5 Å². The van der Waals surface area contributed by atoms with Crippen LogP contribution in [0.2, 0.25) is 0 Å². The predicted molar refractivity (Wildman–Crippen MR) is 66.5 cm³/mol. The van der Waals surface area contributed by atoms with E-state index in [-0.39, 0.29) is 0 Å². The summed E-state index contributed by atoms with van der Waals surface area (Å²) in [5.74, 6) is 1.49. The minimum atomic E-state index is 0.478. The molecule has 82 valence electrons. The van der Waals surface area contributed by atoms with Gasteiger partial charge in [-0.05, 0) is 48.6 Å². The lowest BCUT2D eigenvalue weighted by atomic mass is 9.96. The van der Waals surface area contributed by atoms with Crippen molar-refractivity contribution in [1.82, 2.24) is 0 Å². The third-order valence-electron chi connectivity index (χ3n) is 2.54. The maximum Gasteiger partial charge on any atom is 0.123 e. The minimum absolute atomic E-state index is 0.478. The molecule has 0 aromatic heterocycles. The van der Waals surface area contributed by atoms with Crippen molar-refractivity contribution in [3.63, 3.8) is 0 Å². The Morgan fingerprint density at radius 1 is 1.40 bits per heavy atom. The molecule has 0 radical (unpaired) electrons. The number of benzene rings is 1. The van der Waals surface area contributed by atoms with E-state index in [2.05, 4.69) is 39.5 Å². The Hall–Kier alpha value is -1.24. The molecule has 1 nitrogen and oxygen atoms in total. The average molecular weight is 204 g/mol. The number of rotatable bonds is 4. The summed E-state index contributed by atoms with van der Waals surface area (Å²) < 4.78 is 5.64. The third kappa shape index (κ3) is 2.62. The summed E-state index contributed by atoms with van der Waals surface area (Å²) in [6.07, 6.45) is 1.90. The van der Waals surface area contributed by atoms with Crippen molar-refractivity contribution in [3.05, 3.63) is 35.4 Å². The van der Waals surface area contributed by atoms with Crippen LogP contribution in [-0.4, -0.2) is 6.61 Å². The van der Waals surface area contributed by atoms with Gasteiger partial charge in [-0.3, -0.25) is 0 Å². The first-order chi connectivity index (χ1) is 7.10. The second-order valence-corrected chi connectivity index (χ2v) is 4.04. The molecule has 1 aromatic carbocycles. The van der Waals surface area contributed by atoms with Gasteiger partial charge in [0.2, 0.25) is 0 Å². The maximum absolute atomic E-state index is 5.64. The minimum Gasteiger partial charge on any atom is -0.494 e. The third-order valence-corrected chi connectivity index (χ3v) is 2.54. The molecule has 0 saturated heterocycles. The fourth-order valence-electron chi connectivity index (χ4n) is 1.67. The molecule has 0 bridgehead atoms. The molecule has 0 aliphatic rings. The molecule has 0 heterocycles. The van der Waals surface area contributed by atoms with Gasteiger partial charge >= 0.3 is 0 Å². The Balaban J connectivity index is 3.25. The van der Waals surface area contributed by atoms with E-state index in [4.69, 9.17) is 4.74 Å². The van der Waals surface area contributed by atoms with E-state index >= 15 is 0 Å². The molecule has 0 atom stereocenters. The summed E-state index contributed by atoms with van der Waals surface area (Å²) >= 11 is 0. The van der Waals surface area contributed by atoms with Gasteiger partial charge in [0.25, 0.3) is 0 Å².